The molecule has 0 spiro atoms. The Morgan fingerprint density at radius 3 is 2.59 bits per heavy atom. The van der Waals surface area contributed by atoms with Crippen molar-refractivity contribution in [1.29, 1.82) is 0 Å². The van der Waals surface area contributed by atoms with Crippen molar-refractivity contribution in [3.05, 3.63) is 54.2 Å². The first-order valence-corrected chi connectivity index (χ1v) is 9.02. The number of anilines is 1. The lowest BCUT2D eigenvalue weighted by Crippen LogP contribution is -2.39. The van der Waals surface area contributed by atoms with Crippen LogP contribution in [0.2, 0.25) is 0 Å². The zero-order chi connectivity index (χ0) is 19.3. The summed E-state index contributed by atoms with van der Waals surface area (Å²) in [5, 5.41) is 9.09. The lowest BCUT2D eigenvalue weighted by atomic mass is 10.3. The molecule has 0 atom stereocenters. The molecule has 1 aromatic carbocycles. The number of aliphatic imine (C=N–C) groups is 1. The molecule has 0 saturated heterocycles. The molecule has 3 N–H and O–H groups in total. The molecule has 1 amide bonds. The van der Waals surface area contributed by atoms with Gasteiger partial charge in [-0.2, -0.15) is 0 Å². The Morgan fingerprint density at radius 1 is 1.11 bits per heavy atom. The quantitative estimate of drug-likeness (QED) is 0.359. The second kappa shape index (κ2) is 11.5. The maximum absolute atomic E-state index is 11.9. The van der Waals surface area contributed by atoms with Crippen LogP contribution in [-0.4, -0.2) is 43.6 Å². The zero-order valence-corrected chi connectivity index (χ0v) is 15.9. The minimum atomic E-state index is -0.0921. The minimum Gasteiger partial charge on any atom is -0.494 e. The number of ether oxygens (including phenoxy) is 1. The van der Waals surface area contributed by atoms with Gasteiger partial charge in [0.25, 0.3) is 0 Å². The Morgan fingerprint density at radius 2 is 1.89 bits per heavy atom. The number of nitrogens with zero attached hydrogens (tertiary/aromatic N) is 2. The topological polar surface area (TPSA) is 87.6 Å². The van der Waals surface area contributed by atoms with E-state index in [4.69, 9.17) is 4.74 Å². The summed E-state index contributed by atoms with van der Waals surface area (Å²) in [6, 6.07) is 13.4. The largest absolute Gasteiger partial charge is 0.494 e. The number of aromatic nitrogens is 1. The Labute approximate surface area is 160 Å². The molecule has 0 unspecified atom stereocenters. The number of aryl methyl sites for hydroxylation is 1. The van der Waals surface area contributed by atoms with E-state index < -0.39 is 0 Å². The van der Waals surface area contributed by atoms with E-state index in [9.17, 15) is 4.79 Å². The molecular weight excluding hydrogens is 342 g/mol. The summed E-state index contributed by atoms with van der Waals surface area (Å²) in [7, 11) is 1.70. The third-order valence-corrected chi connectivity index (χ3v) is 3.67. The number of amides is 1. The highest BCUT2D eigenvalue weighted by Crippen LogP contribution is 2.08. The lowest BCUT2D eigenvalue weighted by molar-refractivity contribution is -0.116. The number of rotatable bonds is 9. The van der Waals surface area contributed by atoms with Gasteiger partial charge in [0.1, 0.15) is 11.6 Å². The summed E-state index contributed by atoms with van der Waals surface area (Å²) < 4.78 is 5.64. The SMILES string of the molecule is CN=C(NCCCOc1ccccc1)NCCC(=O)Nc1ccc(C)cn1. The van der Waals surface area contributed by atoms with Crippen LogP contribution >= 0.6 is 0 Å². The van der Waals surface area contributed by atoms with Gasteiger partial charge in [-0.1, -0.05) is 24.3 Å². The van der Waals surface area contributed by atoms with E-state index in [1.54, 1.807) is 19.3 Å². The number of guanidine groups is 1. The van der Waals surface area contributed by atoms with Crippen LogP contribution in [0.1, 0.15) is 18.4 Å². The zero-order valence-electron chi connectivity index (χ0n) is 15.9. The van der Waals surface area contributed by atoms with Crippen molar-refractivity contribution in [3.8, 4) is 5.75 Å². The van der Waals surface area contributed by atoms with Gasteiger partial charge in [-0.05, 0) is 37.1 Å². The normalized spacial score (nSPS) is 11.0. The number of hydrogen-bond acceptors (Lipinski definition) is 4. The summed E-state index contributed by atoms with van der Waals surface area (Å²) in [4.78, 5) is 20.2. The standard InChI is InChI=1S/C20H27N5O2/c1-16-9-10-18(24-15-16)25-19(26)11-13-23-20(21-2)22-12-6-14-27-17-7-4-3-5-8-17/h3-5,7-10,15H,6,11-14H2,1-2H3,(H2,21,22,23)(H,24,25,26). The molecule has 0 aliphatic carbocycles. The Hall–Kier alpha value is -3.09. The second-order valence-corrected chi connectivity index (χ2v) is 5.96. The molecule has 7 nitrogen and oxygen atoms in total. The van der Waals surface area contributed by atoms with Gasteiger partial charge in [-0.3, -0.25) is 9.79 Å². The van der Waals surface area contributed by atoms with Crippen molar-refractivity contribution in [2.45, 2.75) is 19.8 Å². The van der Waals surface area contributed by atoms with Gasteiger partial charge in [0.05, 0.1) is 6.61 Å². The van der Waals surface area contributed by atoms with E-state index in [-0.39, 0.29) is 5.91 Å². The predicted molar refractivity (Wildman–Crippen MR) is 108 cm³/mol. The Balaban J connectivity index is 1.56. The van der Waals surface area contributed by atoms with Crippen LogP contribution in [0.5, 0.6) is 5.75 Å². The van der Waals surface area contributed by atoms with Crippen LogP contribution in [0.3, 0.4) is 0 Å². The van der Waals surface area contributed by atoms with E-state index in [1.807, 2.05) is 43.3 Å². The fourth-order valence-electron chi connectivity index (χ4n) is 2.25. The fraction of sp³-hybridized carbons (Fsp3) is 0.350. The number of carbonyl (C=O) groups is 1. The number of pyridine rings is 1. The van der Waals surface area contributed by atoms with Gasteiger partial charge < -0.3 is 20.7 Å². The summed E-state index contributed by atoms with van der Waals surface area (Å²) in [6.45, 7) is 3.79. The fourth-order valence-corrected chi connectivity index (χ4v) is 2.25. The molecule has 0 radical (unpaired) electrons. The van der Waals surface area contributed by atoms with Gasteiger partial charge in [0, 0.05) is 32.8 Å². The molecule has 0 saturated carbocycles. The van der Waals surface area contributed by atoms with Crippen molar-refractivity contribution in [2.75, 3.05) is 32.1 Å². The number of para-hydroxylation sites is 1. The molecular formula is C20H27N5O2. The highest BCUT2D eigenvalue weighted by Gasteiger charge is 2.04. The van der Waals surface area contributed by atoms with Crippen molar-refractivity contribution in [3.63, 3.8) is 0 Å². The average Bonchev–Trinajstić information content (AvgIpc) is 2.69. The van der Waals surface area contributed by atoms with Crippen LogP contribution in [0, 0.1) is 6.92 Å². The average molecular weight is 369 g/mol. The van der Waals surface area contributed by atoms with Gasteiger partial charge >= 0.3 is 0 Å². The molecule has 0 fully saturated rings. The van der Waals surface area contributed by atoms with Crippen molar-refractivity contribution in [1.82, 2.24) is 15.6 Å². The smallest absolute Gasteiger partial charge is 0.227 e. The van der Waals surface area contributed by atoms with Gasteiger partial charge in [-0.15, -0.1) is 0 Å². The summed E-state index contributed by atoms with van der Waals surface area (Å²) in [6.07, 6.45) is 2.89. The first-order chi connectivity index (χ1) is 13.2. The van der Waals surface area contributed by atoms with E-state index in [2.05, 4.69) is 25.9 Å². The number of benzene rings is 1. The summed E-state index contributed by atoms with van der Waals surface area (Å²) >= 11 is 0. The molecule has 2 aromatic rings. The minimum absolute atomic E-state index is 0.0921. The molecule has 1 heterocycles. The summed E-state index contributed by atoms with van der Waals surface area (Å²) in [5.41, 5.74) is 1.05. The predicted octanol–water partition coefficient (Wildman–Crippen LogP) is 2.35. The van der Waals surface area contributed by atoms with Crippen molar-refractivity contribution < 1.29 is 9.53 Å². The highest BCUT2D eigenvalue weighted by atomic mass is 16.5. The van der Waals surface area contributed by atoms with E-state index in [0.717, 1.165) is 24.3 Å². The van der Waals surface area contributed by atoms with Crippen LogP contribution in [0.25, 0.3) is 0 Å². The molecule has 7 heteroatoms. The van der Waals surface area contributed by atoms with E-state index in [1.165, 1.54) is 0 Å². The summed E-state index contributed by atoms with van der Waals surface area (Å²) in [5.74, 6) is 2.00. The van der Waals surface area contributed by atoms with Gasteiger partial charge in [0.15, 0.2) is 5.96 Å². The van der Waals surface area contributed by atoms with Crippen LogP contribution in [0.15, 0.2) is 53.7 Å². The lowest BCUT2D eigenvalue weighted by Gasteiger charge is -2.12. The maximum Gasteiger partial charge on any atom is 0.227 e. The van der Waals surface area contributed by atoms with Crippen LogP contribution < -0.4 is 20.7 Å². The molecule has 0 bridgehead atoms. The molecule has 0 aliphatic heterocycles. The van der Waals surface area contributed by atoms with Crippen LogP contribution in [-0.2, 0) is 4.79 Å². The molecule has 27 heavy (non-hydrogen) atoms. The Bertz CT molecular complexity index is 717. The molecule has 1 aromatic heterocycles. The Kier molecular flexibility index (Phi) is 8.62. The van der Waals surface area contributed by atoms with Crippen molar-refractivity contribution >= 4 is 17.7 Å². The van der Waals surface area contributed by atoms with Crippen LogP contribution in [0.4, 0.5) is 5.82 Å². The number of nitrogens with one attached hydrogen (secondary N) is 3. The third kappa shape index (κ3) is 8.22. The second-order valence-electron chi connectivity index (χ2n) is 5.96. The van der Waals surface area contributed by atoms with Gasteiger partial charge in [0.2, 0.25) is 5.91 Å². The van der Waals surface area contributed by atoms with E-state index in [0.29, 0.717) is 31.3 Å². The monoisotopic (exact) mass is 369 g/mol. The first-order valence-electron chi connectivity index (χ1n) is 9.02. The highest BCUT2D eigenvalue weighted by molar-refractivity contribution is 5.90. The molecule has 0 aliphatic rings. The third-order valence-electron chi connectivity index (χ3n) is 3.67. The molecule has 2 rings (SSSR count). The van der Waals surface area contributed by atoms with Crippen molar-refractivity contribution in [2.24, 2.45) is 4.99 Å². The number of carbonyl (C=O) groups excluding carboxylic acids is 1. The number of hydrogen-bond donors (Lipinski definition) is 3. The molecule has 144 valence electrons. The maximum atomic E-state index is 11.9. The van der Waals surface area contributed by atoms with Gasteiger partial charge in [-0.25, -0.2) is 4.98 Å². The first kappa shape index (κ1) is 20.2. The van der Waals surface area contributed by atoms with E-state index >= 15 is 0 Å².